The summed E-state index contributed by atoms with van der Waals surface area (Å²) in [5.41, 5.74) is 16.3. The zero-order chi connectivity index (χ0) is 25.6. The second-order valence-corrected chi connectivity index (χ2v) is 8.59. The number of nitrogens with one attached hydrogen (secondary N) is 3. The first-order chi connectivity index (χ1) is 15.4. The summed E-state index contributed by atoms with van der Waals surface area (Å²) in [6.07, 6.45) is 1.53. The van der Waals surface area contributed by atoms with E-state index in [1.165, 1.54) is 0 Å². The van der Waals surface area contributed by atoms with Crippen LogP contribution in [-0.2, 0) is 24.0 Å². The molecule has 0 aliphatic rings. The van der Waals surface area contributed by atoms with Gasteiger partial charge in [0.15, 0.2) is 0 Å². The normalized spacial score (nSPS) is 14.6. The number of primary amides is 1. The highest BCUT2D eigenvalue weighted by atomic mass is 32.1. The van der Waals surface area contributed by atoms with Crippen LogP contribution in [0.15, 0.2) is 0 Å². The number of carbonyl (C=O) groups is 5. The Kier molecular flexibility index (Phi) is 15.1. The minimum absolute atomic E-state index is 0.0202. The lowest BCUT2D eigenvalue weighted by molar-refractivity contribution is -0.142. The topological polar surface area (TPSA) is 220 Å². The number of nitrogens with two attached hydrogens (primary N) is 3. The van der Waals surface area contributed by atoms with Gasteiger partial charge in [0.2, 0.25) is 23.6 Å². The van der Waals surface area contributed by atoms with E-state index < -0.39 is 53.8 Å². The molecular weight excluding hydrogens is 452 g/mol. The summed E-state index contributed by atoms with van der Waals surface area (Å²) in [5.74, 6) is -3.83. The molecule has 0 aromatic heterocycles. The number of carbonyl (C=O) groups excluding carboxylic acids is 4. The van der Waals surface area contributed by atoms with Crippen molar-refractivity contribution in [3.05, 3.63) is 0 Å². The van der Waals surface area contributed by atoms with E-state index in [4.69, 9.17) is 17.2 Å². The lowest BCUT2D eigenvalue weighted by Gasteiger charge is -2.25. The predicted molar refractivity (Wildman–Crippen MR) is 126 cm³/mol. The van der Waals surface area contributed by atoms with E-state index in [2.05, 4.69) is 28.6 Å². The Balaban J connectivity index is 5.23. The fraction of sp³-hybridized carbons (Fsp3) is 0.750. The second-order valence-electron chi connectivity index (χ2n) is 8.23. The van der Waals surface area contributed by atoms with Crippen molar-refractivity contribution in [3.63, 3.8) is 0 Å². The van der Waals surface area contributed by atoms with Crippen molar-refractivity contribution in [1.29, 1.82) is 0 Å². The van der Waals surface area contributed by atoms with Crippen molar-refractivity contribution >= 4 is 42.2 Å². The summed E-state index contributed by atoms with van der Waals surface area (Å²) in [4.78, 5) is 60.1. The molecule has 0 rings (SSSR count). The highest BCUT2D eigenvalue weighted by Crippen LogP contribution is 2.07. The van der Waals surface area contributed by atoms with Crippen LogP contribution in [0.1, 0.15) is 52.4 Å². The Bertz CT molecular complexity index is 677. The third kappa shape index (κ3) is 13.0. The quantitative estimate of drug-likeness (QED) is 0.0858. The van der Waals surface area contributed by atoms with Crippen molar-refractivity contribution in [3.8, 4) is 0 Å². The Morgan fingerprint density at radius 1 is 0.879 bits per heavy atom. The zero-order valence-electron chi connectivity index (χ0n) is 19.2. The summed E-state index contributed by atoms with van der Waals surface area (Å²) in [6, 6.07) is -4.28. The van der Waals surface area contributed by atoms with Gasteiger partial charge >= 0.3 is 5.97 Å². The Morgan fingerprint density at radius 3 is 1.91 bits per heavy atom. The first-order valence-corrected chi connectivity index (χ1v) is 11.5. The number of carboxylic acids is 1. The molecule has 10 N–H and O–H groups in total. The molecule has 0 fully saturated rings. The summed E-state index contributed by atoms with van der Waals surface area (Å²) < 4.78 is 0. The molecule has 0 radical (unpaired) electrons. The average molecular weight is 491 g/mol. The number of carboxylic acid groups (broad SMARTS) is 1. The molecular formula is C20H38N6O6S. The van der Waals surface area contributed by atoms with Gasteiger partial charge in [0.25, 0.3) is 0 Å². The van der Waals surface area contributed by atoms with Crippen molar-refractivity contribution < 1.29 is 29.1 Å². The maximum atomic E-state index is 12.8. The number of hydrogen-bond donors (Lipinski definition) is 8. The molecule has 0 heterocycles. The third-order valence-electron chi connectivity index (χ3n) is 4.76. The van der Waals surface area contributed by atoms with E-state index in [1.54, 1.807) is 0 Å². The van der Waals surface area contributed by atoms with E-state index >= 15 is 0 Å². The molecule has 0 aromatic carbocycles. The van der Waals surface area contributed by atoms with Crippen LogP contribution >= 0.6 is 12.6 Å². The monoisotopic (exact) mass is 490 g/mol. The number of aliphatic carboxylic acids is 1. The van der Waals surface area contributed by atoms with Crippen molar-refractivity contribution in [2.45, 2.75) is 76.5 Å². The van der Waals surface area contributed by atoms with Gasteiger partial charge in [-0.05, 0) is 44.6 Å². The summed E-state index contributed by atoms with van der Waals surface area (Å²) >= 11 is 4.09. The van der Waals surface area contributed by atoms with E-state index in [1.807, 2.05) is 13.8 Å². The molecule has 0 spiro atoms. The third-order valence-corrected chi connectivity index (χ3v) is 5.12. The second kappa shape index (κ2) is 16.3. The van der Waals surface area contributed by atoms with Gasteiger partial charge in [0.1, 0.15) is 18.1 Å². The minimum atomic E-state index is -1.18. The number of thiol groups is 1. The lowest BCUT2D eigenvalue weighted by Crippen LogP contribution is -2.57. The Labute approximate surface area is 199 Å². The molecule has 13 heteroatoms. The highest BCUT2D eigenvalue weighted by Gasteiger charge is 2.29. The molecule has 190 valence electrons. The fourth-order valence-electron chi connectivity index (χ4n) is 2.90. The summed E-state index contributed by atoms with van der Waals surface area (Å²) in [5, 5.41) is 16.8. The molecule has 4 unspecified atom stereocenters. The van der Waals surface area contributed by atoms with Crippen molar-refractivity contribution in [2.24, 2.45) is 23.1 Å². The van der Waals surface area contributed by atoms with Crippen molar-refractivity contribution in [1.82, 2.24) is 16.0 Å². The standard InChI is InChI=1S/C20H38N6O6S/c1-11(2)9-14(20(31)32)25-19(30)15(10-33)26-18(29)13(5-3-4-8-21)24-17(28)12(22)6-7-16(23)27/h11-15,33H,3-10,21-22H2,1-2H3,(H2,23,27)(H,24,28)(H,25,30)(H,26,29)(H,31,32). The number of rotatable bonds is 17. The summed E-state index contributed by atoms with van der Waals surface area (Å²) in [6.45, 7) is 4.04. The highest BCUT2D eigenvalue weighted by molar-refractivity contribution is 7.80. The van der Waals surface area contributed by atoms with Crippen LogP contribution in [-0.4, -0.2) is 71.2 Å². The molecule has 12 nitrogen and oxygen atoms in total. The maximum absolute atomic E-state index is 12.8. The van der Waals surface area contributed by atoms with Gasteiger partial charge in [-0.25, -0.2) is 4.79 Å². The van der Waals surface area contributed by atoms with Gasteiger partial charge in [0, 0.05) is 12.2 Å². The van der Waals surface area contributed by atoms with Crippen LogP contribution in [0.5, 0.6) is 0 Å². The number of hydrogen-bond acceptors (Lipinski definition) is 8. The van der Waals surface area contributed by atoms with Gasteiger partial charge < -0.3 is 38.3 Å². The zero-order valence-corrected chi connectivity index (χ0v) is 20.1. The fourth-order valence-corrected chi connectivity index (χ4v) is 3.16. The molecule has 0 aromatic rings. The number of amides is 4. The van der Waals surface area contributed by atoms with E-state index in [9.17, 15) is 29.1 Å². The molecule has 4 amide bonds. The summed E-state index contributed by atoms with van der Waals surface area (Å²) in [7, 11) is 0. The average Bonchev–Trinajstić information content (AvgIpc) is 2.73. The van der Waals surface area contributed by atoms with Crippen molar-refractivity contribution in [2.75, 3.05) is 12.3 Å². The van der Waals surface area contributed by atoms with Crippen LogP contribution in [0.2, 0.25) is 0 Å². The molecule has 0 aliphatic heterocycles. The van der Waals surface area contributed by atoms with Gasteiger partial charge in [-0.2, -0.15) is 12.6 Å². The molecule has 33 heavy (non-hydrogen) atoms. The largest absolute Gasteiger partial charge is 0.480 e. The van der Waals surface area contributed by atoms with E-state index in [0.29, 0.717) is 19.4 Å². The van der Waals surface area contributed by atoms with Crippen LogP contribution < -0.4 is 33.2 Å². The minimum Gasteiger partial charge on any atom is -0.480 e. The maximum Gasteiger partial charge on any atom is 0.326 e. The van der Waals surface area contributed by atoms with Gasteiger partial charge in [0.05, 0.1) is 6.04 Å². The van der Waals surface area contributed by atoms with Crippen LogP contribution in [0.3, 0.4) is 0 Å². The predicted octanol–water partition coefficient (Wildman–Crippen LogP) is -1.78. The van der Waals surface area contributed by atoms with E-state index in [-0.39, 0.29) is 37.4 Å². The van der Waals surface area contributed by atoms with Gasteiger partial charge in [-0.3, -0.25) is 19.2 Å². The van der Waals surface area contributed by atoms with Gasteiger partial charge in [-0.1, -0.05) is 13.8 Å². The van der Waals surface area contributed by atoms with Gasteiger partial charge in [-0.15, -0.1) is 0 Å². The molecule has 4 atom stereocenters. The first kappa shape index (κ1) is 30.6. The Morgan fingerprint density at radius 2 is 1.42 bits per heavy atom. The number of unbranched alkanes of at least 4 members (excludes halogenated alkanes) is 1. The molecule has 0 saturated heterocycles. The van der Waals surface area contributed by atoms with Crippen LogP contribution in [0.25, 0.3) is 0 Å². The smallest absolute Gasteiger partial charge is 0.326 e. The molecule has 0 bridgehead atoms. The first-order valence-electron chi connectivity index (χ1n) is 10.9. The van der Waals surface area contributed by atoms with E-state index in [0.717, 1.165) is 0 Å². The van der Waals surface area contributed by atoms with Crippen LogP contribution in [0.4, 0.5) is 0 Å². The molecule has 0 aliphatic carbocycles. The lowest BCUT2D eigenvalue weighted by atomic mass is 10.0. The van der Waals surface area contributed by atoms with Crippen LogP contribution in [0, 0.1) is 5.92 Å². The molecule has 0 saturated carbocycles. The Hall–Kier alpha value is -2.38. The SMILES string of the molecule is CC(C)CC(NC(=O)C(CS)NC(=O)C(CCCCN)NC(=O)C(N)CCC(N)=O)C(=O)O.